The van der Waals surface area contributed by atoms with Gasteiger partial charge in [-0.05, 0) is 28.8 Å². The minimum absolute atomic E-state index is 0.0744. The van der Waals surface area contributed by atoms with Gasteiger partial charge < -0.3 is 10.6 Å². The van der Waals surface area contributed by atoms with E-state index in [-0.39, 0.29) is 18.0 Å². The number of aromatic nitrogens is 2. The van der Waals surface area contributed by atoms with Gasteiger partial charge in [-0.25, -0.2) is 5.10 Å². The molecule has 1 amide bonds. The lowest BCUT2D eigenvalue weighted by atomic mass is 10.4. The Kier molecular flexibility index (Phi) is 3.23. The highest BCUT2D eigenvalue weighted by molar-refractivity contribution is 9.10. The molecule has 0 radical (unpaired) electrons. The van der Waals surface area contributed by atoms with Crippen LogP contribution in [-0.2, 0) is 4.79 Å². The molecule has 0 aliphatic heterocycles. The van der Waals surface area contributed by atoms with Crippen molar-refractivity contribution in [2.45, 2.75) is 18.9 Å². The molecule has 1 aromatic heterocycles. The number of halogens is 1. The topological polar surface area (TPSA) is 86.9 Å². The van der Waals surface area contributed by atoms with E-state index in [9.17, 15) is 9.59 Å². The molecule has 0 unspecified atom stereocenters. The monoisotopic (exact) mass is 286 g/mol. The van der Waals surface area contributed by atoms with Gasteiger partial charge in [0.2, 0.25) is 5.91 Å². The fourth-order valence-corrected chi connectivity index (χ4v) is 1.52. The van der Waals surface area contributed by atoms with Gasteiger partial charge in [0.15, 0.2) is 0 Å². The van der Waals surface area contributed by atoms with E-state index in [1.54, 1.807) is 0 Å². The van der Waals surface area contributed by atoms with Gasteiger partial charge in [-0.2, -0.15) is 5.10 Å². The summed E-state index contributed by atoms with van der Waals surface area (Å²) in [6.45, 7) is 0.139. The Balaban J connectivity index is 1.90. The van der Waals surface area contributed by atoms with Crippen LogP contribution in [-0.4, -0.2) is 28.7 Å². The summed E-state index contributed by atoms with van der Waals surface area (Å²) in [5.41, 5.74) is 0.183. The van der Waals surface area contributed by atoms with Gasteiger partial charge in [-0.1, -0.05) is 0 Å². The van der Waals surface area contributed by atoms with E-state index >= 15 is 0 Å². The molecule has 0 bridgehead atoms. The molecule has 1 aliphatic rings. The number of rotatable bonds is 4. The summed E-state index contributed by atoms with van der Waals surface area (Å²) >= 11 is 3.12. The van der Waals surface area contributed by atoms with Gasteiger partial charge in [0.1, 0.15) is 4.47 Å². The van der Waals surface area contributed by atoms with Crippen molar-refractivity contribution in [1.82, 2.24) is 15.5 Å². The number of amides is 1. The molecule has 0 saturated heterocycles. The van der Waals surface area contributed by atoms with E-state index < -0.39 is 0 Å². The maximum absolute atomic E-state index is 11.4. The predicted molar refractivity (Wildman–Crippen MR) is 62.2 cm³/mol. The molecule has 2 rings (SSSR count). The highest BCUT2D eigenvalue weighted by Gasteiger charge is 2.22. The molecule has 1 saturated carbocycles. The van der Waals surface area contributed by atoms with E-state index in [1.807, 2.05) is 0 Å². The highest BCUT2D eigenvalue weighted by Crippen LogP contribution is 2.18. The number of anilines is 1. The van der Waals surface area contributed by atoms with Crippen molar-refractivity contribution in [2.75, 3.05) is 11.9 Å². The number of nitrogens with one attached hydrogen (secondary N) is 3. The minimum Gasteiger partial charge on any atom is -0.374 e. The second-order valence-corrected chi connectivity index (χ2v) is 4.42. The normalized spacial score (nSPS) is 14.6. The summed E-state index contributed by atoms with van der Waals surface area (Å²) in [6.07, 6.45) is 3.57. The quantitative estimate of drug-likeness (QED) is 0.739. The van der Waals surface area contributed by atoms with Gasteiger partial charge >= 0.3 is 0 Å². The SMILES string of the molecule is O=C(CNc1cn[nH]c(=O)c1Br)NC1CC1. The van der Waals surface area contributed by atoms with Crippen LogP contribution in [0.1, 0.15) is 12.8 Å². The number of aromatic amines is 1. The number of carbonyl (C=O) groups excluding carboxylic acids is 1. The summed E-state index contributed by atoms with van der Waals surface area (Å²) in [5, 5.41) is 11.6. The highest BCUT2D eigenvalue weighted by atomic mass is 79.9. The average Bonchev–Trinajstić information content (AvgIpc) is 3.04. The van der Waals surface area contributed by atoms with Gasteiger partial charge in [-0.3, -0.25) is 9.59 Å². The molecule has 3 N–H and O–H groups in total. The van der Waals surface area contributed by atoms with E-state index in [0.717, 1.165) is 12.8 Å². The Morgan fingerprint density at radius 2 is 2.38 bits per heavy atom. The zero-order valence-electron chi connectivity index (χ0n) is 8.42. The zero-order valence-corrected chi connectivity index (χ0v) is 10.0. The summed E-state index contributed by atoms with van der Waals surface area (Å²) in [4.78, 5) is 22.5. The molecular weight excluding hydrogens is 276 g/mol. The van der Waals surface area contributed by atoms with Crippen molar-refractivity contribution in [3.8, 4) is 0 Å². The first kappa shape index (κ1) is 11.1. The summed E-state index contributed by atoms with van der Waals surface area (Å²) < 4.78 is 0.349. The number of carbonyl (C=O) groups is 1. The van der Waals surface area contributed by atoms with Crippen molar-refractivity contribution in [2.24, 2.45) is 0 Å². The van der Waals surface area contributed by atoms with Crippen molar-refractivity contribution in [3.05, 3.63) is 21.0 Å². The van der Waals surface area contributed by atoms with E-state index in [4.69, 9.17) is 0 Å². The van der Waals surface area contributed by atoms with Crippen LogP contribution >= 0.6 is 15.9 Å². The molecule has 16 heavy (non-hydrogen) atoms. The van der Waals surface area contributed by atoms with Crippen molar-refractivity contribution in [1.29, 1.82) is 0 Å². The van der Waals surface area contributed by atoms with Crippen LogP contribution in [0.3, 0.4) is 0 Å². The molecule has 1 aliphatic carbocycles. The Morgan fingerprint density at radius 1 is 1.62 bits per heavy atom. The van der Waals surface area contributed by atoms with Crippen LogP contribution in [0.5, 0.6) is 0 Å². The molecular formula is C9H11BrN4O2. The van der Waals surface area contributed by atoms with Gasteiger partial charge in [-0.15, -0.1) is 0 Å². The van der Waals surface area contributed by atoms with Crippen LogP contribution in [0.25, 0.3) is 0 Å². The lowest BCUT2D eigenvalue weighted by Crippen LogP contribution is -2.31. The van der Waals surface area contributed by atoms with Crippen LogP contribution in [0.4, 0.5) is 5.69 Å². The van der Waals surface area contributed by atoms with E-state index in [1.165, 1.54) is 6.20 Å². The first-order valence-electron chi connectivity index (χ1n) is 4.93. The Bertz CT molecular complexity index is 455. The predicted octanol–water partition coefficient (Wildman–Crippen LogP) is 0.223. The van der Waals surface area contributed by atoms with Crippen LogP contribution < -0.4 is 16.2 Å². The molecule has 86 valence electrons. The largest absolute Gasteiger partial charge is 0.374 e. The van der Waals surface area contributed by atoms with E-state index in [2.05, 4.69) is 36.8 Å². The third-order valence-electron chi connectivity index (χ3n) is 2.18. The molecule has 1 heterocycles. The average molecular weight is 287 g/mol. The van der Waals surface area contributed by atoms with Crippen molar-refractivity contribution >= 4 is 27.5 Å². The van der Waals surface area contributed by atoms with Gasteiger partial charge in [0.25, 0.3) is 5.56 Å². The zero-order chi connectivity index (χ0) is 11.5. The second-order valence-electron chi connectivity index (χ2n) is 3.62. The molecule has 6 nitrogen and oxygen atoms in total. The Morgan fingerprint density at radius 3 is 3.06 bits per heavy atom. The first-order valence-corrected chi connectivity index (χ1v) is 5.72. The van der Waals surface area contributed by atoms with Crippen LogP contribution in [0, 0.1) is 0 Å². The third kappa shape index (κ3) is 2.82. The molecule has 0 atom stereocenters. The first-order chi connectivity index (χ1) is 7.66. The maximum atomic E-state index is 11.4. The molecule has 1 fully saturated rings. The molecule has 1 aromatic rings. The van der Waals surface area contributed by atoms with Crippen LogP contribution in [0.2, 0.25) is 0 Å². The smallest absolute Gasteiger partial charge is 0.280 e. The van der Waals surface area contributed by atoms with Gasteiger partial charge in [0.05, 0.1) is 18.4 Å². The van der Waals surface area contributed by atoms with Crippen molar-refractivity contribution in [3.63, 3.8) is 0 Å². The van der Waals surface area contributed by atoms with Crippen LogP contribution in [0.15, 0.2) is 15.5 Å². The van der Waals surface area contributed by atoms with Crippen molar-refractivity contribution < 1.29 is 4.79 Å². The lowest BCUT2D eigenvalue weighted by Gasteiger charge is -2.07. The number of H-pyrrole nitrogens is 1. The second kappa shape index (κ2) is 4.65. The third-order valence-corrected chi connectivity index (χ3v) is 2.96. The molecule has 7 heteroatoms. The summed E-state index contributed by atoms with van der Waals surface area (Å²) in [6, 6.07) is 0.343. The Hall–Kier alpha value is -1.37. The number of hydrogen-bond donors (Lipinski definition) is 3. The summed E-state index contributed by atoms with van der Waals surface area (Å²) in [7, 11) is 0. The Labute approximate surface area is 99.9 Å². The molecule has 0 aromatic carbocycles. The van der Waals surface area contributed by atoms with E-state index in [0.29, 0.717) is 16.2 Å². The maximum Gasteiger partial charge on any atom is 0.280 e. The van der Waals surface area contributed by atoms with Gasteiger partial charge in [0, 0.05) is 6.04 Å². The summed E-state index contributed by atoms with van der Waals surface area (Å²) in [5.74, 6) is -0.0744. The number of hydrogen-bond acceptors (Lipinski definition) is 4. The number of nitrogens with zero attached hydrogens (tertiary/aromatic N) is 1. The lowest BCUT2D eigenvalue weighted by molar-refractivity contribution is -0.119. The standard InChI is InChI=1S/C9H11BrN4O2/c10-8-6(3-12-14-9(8)16)11-4-7(15)13-5-1-2-5/h3,5H,1-2,4H2,(H,13,15)(H2,11,14,16). The fourth-order valence-electron chi connectivity index (χ4n) is 1.19. The fraction of sp³-hybridized carbons (Fsp3) is 0.444. The minimum atomic E-state index is -0.326. The molecule has 0 spiro atoms.